The van der Waals surface area contributed by atoms with Crippen molar-refractivity contribution in [2.24, 2.45) is 0 Å². The standard InChI is InChI=1S/C51H32N4O5/c56-28-15-13-27(14-16-28)49-26-48(58)51-47(57)20-30(21-50(51)60-49)59-29-17-18-37-38(19-29)46-25-44-36-12-6-5-11-35(36)42(54-44)23-40-32-8-2-1-7-31(32)39(52-40)22-41-33-9-3-4-10-34(33)43(53-41)24-45(37)55-46/h1-25,49,52,55-57H,26H2. The molecular weight excluding hydrogens is 749 g/mol. The average Bonchev–Trinajstić information content (AvgIpc) is 3.99. The summed E-state index contributed by atoms with van der Waals surface area (Å²) in [5, 5.41) is 24.9. The number of phenols is 2. The number of nitrogens with one attached hydrogen (secondary N) is 2. The van der Waals surface area contributed by atoms with Crippen LogP contribution in [0.15, 0.2) is 152 Å². The van der Waals surface area contributed by atoms with Crippen molar-refractivity contribution in [3.8, 4) is 73.8 Å². The minimum absolute atomic E-state index is 0.0563. The van der Waals surface area contributed by atoms with E-state index >= 15 is 0 Å². The van der Waals surface area contributed by atoms with E-state index in [9.17, 15) is 15.0 Å². The van der Waals surface area contributed by atoms with Crippen molar-refractivity contribution < 1.29 is 24.5 Å². The Kier molecular flexibility index (Phi) is 7.31. The predicted octanol–water partition coefficient (Wildman–Crippen LogP) is 12.2. The average molecular weight is 781 g/mol. The number of hydrogen-bond acceptors (Lipinski definition) is 7. The molecule has 9 heteroatoms. The molecule has 12 rings (SSSR count). The highest BCUT2D eigenvalue weighted by atomic mass is 16.5. The Labute approximate surface area is 341 Å². The van der Waals surface area contributed by atoms with Gasteiger partial charge in [-0.05, 0) is 60.2 Å². The molecule has 1 unspecified atom stereocenters. The SMILES string of the molecule is O=C1CC(c2ccc(O)cc2)Oc2cc(Oc3ccc4c5cc6nc(cc7[nH]c(cc8nc(cc([nH]5)c4c3)-c3ccccc3-8)c3ccccc73)-c3ccccc3-6)cc(O)c21. The van der Waals surface area contributed by atoms with Crippen LogP contribution in [-0.2, 0) is 0 Å². The predicted molar refractivity (Wildman–Crippen MR) is 233 cm³/mol. The maximum atomic E-state index is 13.2. The molecule has 3 aromatic heterocycles. The molecule has 0 saturated heterocycles. The van der Waals surface area contributed by atoms with Gasteiger partial charge in [0.2, 0.25) is 0 Å². The maximum absolute atomic E-state index is 13.2. The number of carbonyl (C=O) groups excluding carboxylic acids is 1. The fraction of sp³-hybridized carbons (Fsp3) is 0.0392. The first-order valence-corrected chi connectivity index (χ1v) is 19.7. The van der Waals surface area contributed by atoms with E-state index in [1.807, 2.05) is 42.5 Å². The number of aromatic nitrogens is 4. The van der Waals surface area contributed by atoms with Crippen molar-refractivity contribution >= 4 is 49.4 Å². The van der Waals surface area contributed by atoms with Crippen molar-refractivity contribution in [3.05, 3.63) is 163 Å². The Hall–Kier alpha value is -8.17. The molecule has 6 aromatic carbocycles. The van der Waals surface area contributed by atoms with E-state index in [-0.39, 0.29) is 35.0 Å². The van der Waals surface area contributed by atoms with Crippen molar-refractivity contribution in [1.82, 2.24) is 19.9 Å². The summed E-state index contributed by atoms with van der Waals surface area (Å²) in [5.41, 5.74) is 12.0. The first-order chi connectivity index (χ1) is 29.4. The lowest BCUT2D eigenvalue weighted by atomic mass is 9.95. The molecule has 0 saturated carbocycles. The number of aromatic amines is 2. The first kappa shape index (κ1) is 33.9. The van der Waals surface area contributed by atoms with Gasteiger partial charge in [-0.15, -0.1) is 0 Å². The van der Waals surface area contributed by atoms with Crippen LogP contribution in [0.1, 0.15) is 28.4 Å². The molecule has 9 aromatic rings. The zero-order chi connectivity index (χ0) is 40.1. The number of nitrogens with zero attached hydrogens (tertiary/aromatic N) is 2. The van der Waals surface area contributed by atoms with E-state index in [4.69, 9.17) is 19.4 Å². The third-order valence-electron chi connectivity index (χ3n) is 11.7. The van der Waals surface area contributed by atoms with E-state index in [1.165, 1.54) is 6.07 Å². The molecule has 9 nitrogen and oxygen atoms in total. The summed E-state index contributed by atoms with van der Waals surface area (Å²) in [5.74, 6) is 0.718. The molecule has 4 N–H and O–H groups in total. The highest BCUT2D eigenvalue weighted by Crippen LogP contribution is 2.45. The number of rotatable bonds is 3. The monoisotopic (exact) mass is 780 g/mol. The van der Waals surface area contributed by atoms with Crippen LogP contribution in [0.3, 0.4) is 0 Å². The summed E-state index contributed by atoms with van der Waals surface area (Å²) in [7, 11) is 0. The Morgan fingerprint density at radius 3 is 1.58 bits per heavy atom. The highest BCUT2D eigenvalue weighted by Gasteiger charge is 2.31. The molecular formula is C51H32N4O5. The second-order valence-electron chi connectivity index (χ2n) is 15.3. The minimum Gasteiger partial charge on any atom is -0.508 e. The molecule has 0 spiro atoms. The summed E-state index contributed by atoms with van der Waals surface area (Å²) in [6, 6.07) is 48.9. The van der Waals surface area contributed by atoms with Gasteiger partial charge in [-0.2, -0.15) is 0 Å². The zero-order valence-electron chi connectivity index (χ0n) is 31.7. The Bertz CT molecular complexity index is 3470. The quantitative estimate of drug-likeness (QED) is 0.140. The minimum atomic E-state index is -0.579. The van der Waals surface area contributed by atoms with Crippen molar-refractivity contribution in [1.29, 1.82) is 0 Å². The fourth-order valence-electron chi connectivity index (χ4n) is 8.84. The number of ether oxygens (including phenoxy) is 2. The summed E-state index contributed by atoms with van der Waals surface area (Å²) in [6.07, 6.45) is -0.523. The second-order valence-corrected chi connectivity index (χ2v) is 15.3. The molecule has 0 radical (unpaired) electrons. The lowest BCUT2D eigenvalue weighted by Crippen LogP contribution is -2.20. The van der Waals surface area contributed by atoms with Crippen LogP contribution in [-0.4, -0.2) is 35.9 Å². The number of Topliss-reactive ketones (excluding diaryl/α,β-unsaturated/α-hetero) is 1. The molecule has 286 valence electrons. The van der Waals surface area contributed by atoms with Gasteiger partial charge in [-0.1, -0.05) is 84.9 Å². The van der Waals surface area contributed by atoms with Gasteiger partial charge in [-0.25, -0.2) is 9.97 Å². The van der Waals surface area contributed by atoms with Crippen molar-refractivity contribution in [3.63, 3.8) is 0 Å². The number of benzene rings is 6. The van der Waals surface area contributed by atoms with Crippen LogP contribution in [0.5, 0.6) is 28.7 Å². The second kappa shape index (κ2) is 12.9. The molecule has 1 atom stereocenters. The number of fused-ring (bicyclic) bond motifs is 21. The summed E-state index contributed by atoms with van der Waals surface area (Å²) >= 11 is 0. The lowest BCUT2D eigenvalue weighted by molar-refractivity contribution is 0.0845. The number of ketones is 1. The number of H-pyrrole nitrogens is 2. The first-order valence-electron chi connectivity index (χ1n) is 19.7. The van der Waals surface area contributed by atoms with Gasteiger partial charge in [-0.3, -0.25) is 4.79 Å². The van der Waals surface area contributed by atoms with Crippen LogP contribution in [0.25, 0.3) is 88.6 Å². The molecule has 3 aliphatic rings. The van der Waals surface area contributed by atoms with Gasteiger partial charge in [0.25, 0.3) is 0 Å². The van der Waals surface area contributed by atoms with Crippen LogP contribution in [0, 0.1) is 0 Å². The van der Waals surface area contributed by atoms with Crippen molar-refractivity contribution in [2.45, 2.75) is 12.5 Å². The lowest BCUT2D eigenvalue weighted by Gasteiger charge is -2.26. The largest absolute Gasteiger partial charge is 0.508 e. The molecule has 60 heavy (non-hydrogen) atoms. The number of aromatic hydroxyl groups is 2. The third-order valence-corrected chi connectivity index (χ3v) is 11.7. The van der Waals surface area contributed by atoms with Crippen molar-refractivity contribution in [2.75, 3.05) is 0 Å². The summed E-state index contributed by atoms with van der Waals surface area (Å²) in [6.45, 7) is 0. The van der Waals surface area contributed by atoms with Gasteiger partial charge in [0.1, 0.15) is 40.4 Å². The van der Waals surface area contributed by atoms with Gasteiger partial charge < -0.3 is 29.7 Å². The van der Waals surface area contributed by atoms with Crippen LogP contribution < -0.4 is 9.47 Å². The number of carbonyl (C=O) groups is 1. The van der Waals surface area contributed by atoms with Gasteiger partial charge in [0.15, 0.2) is 5.78 Å². The van der Waals surface area contributed by atoms with E-state index < -0.39 is 6.10 Å². The number of hydrogen-bond donors (Lipinski definition) is 4. The number of phenolic OH excluding ortho intramolecular Hbond substituents is 2. The maximum Gasteiger partial charge on any atom is 0.174 e. The molecule has 3 aliphatic heterocycles. The normalized spacial score (nSPS) is 14.1. The summed E-state index contributed by atoms with van der Waals surface area (Å²) < 4.78 is 12.7. The zero-order valence-corrected chi connectivity index (χ0v) is 31.7. The smallest absolute Gasteiger partial charge is 0.174 e. The summed E-state index contributed by atoms with van der Waals surface area (Å²) in [4.78, 5) is 31.1. The van der Waals surface area contributed by atoms with Crippen LogP contribution in [0.4, 0.5) is 0 Å². The van der Waals surface area contributed by atoms with Crippen LogP contribution >= 0.6 is 0 Å². The molecule has 0 aliphatic carbocycles. The fourth-order valence-corrected chi connectivity index (χ4v) is 8.84. The molecule has 6 heterocycles. The molecule has 0 amide bonds. The van der Waals surface area contributed by atoms with Gasteiger partial charge >= 0.3 is 0 Å². The van der Waals surface area contributed by atoms with Gasteiger partial charge in [0, 0.05) is 78.0 Å². The van der Waals surface area contributed by atoms with E-state index in [1.54, 1.807) is 30.3 Å². The van der Waals surface area contributed by atoms with Crippen LogP contribution in [0.2, 0.25) is 0 Å². The Balaban J connectivity index is 1.05. The van der Waals surface area contributed by atoms with E-state index in [2.05, 4.69) is 82.8 Å². The van der Waals surface area contributed by atoms with Gasteiger partial charge in [0.05, 0.1) is 29.2 Å². The topological polar surface area (TPSA) is 133 Å². The molecule has 8 bridgehead atoms. The van der Waals surface area contributed by atoms with E-state index in [0.717, 1.165) is 94.2 Å². The Morgan fingerprint density at radius 2 is 1.03 bits per heavy atom. The Morgan fingerprint density at radius 1 is 0.533 bits per heavy atom. The highest BCUT2D eigenvalue weighted by molar-refractivity contribution is 6.10. The third kappa shape index (κ3) is 5.44. The molecule has 0 fully saturated rings. The van der Waals surface area contributed by atoms with E-state index in [0.29, 0.717) is 11.5 Å².